The van der Waals surface area contributed by atoms with Crippen molar-refractivity contribution in [2.75, 3.05) is 26.2 Å². The molecule has 1 fully saturated rings. The summed E-state index contributed by atoms with van der Waals surface area (Å²) in [6.45, 7) is 1.99. The molecule has 158 valence electrons. The molecular formula is C21H23BrN4O4. The molecule has 0 unspecified atom stereocenters. The second-order valence-electron chi connectivity index (χ2n) is 7.52. The van der Waals surface area contributed by atoms with Gasteiger partial charge in [0.1, 0.15) is 6.42 Å². The number of hydrogen-bond donors (Lipinski definition) is 1. The number of benzene rings is 1. The van der Waals surface area contributed by atoms with Gasteiger partial charge in [0.25, 0.3) is 11.8 Å². The van der Waals surface area contributed by atoms with Crippen molar-refractivity contribution in [1.29, 1.82) is 5.26 Å². The highest BCUT2D eigenvalue weighted by atomic mass is 79.9. The van der Waals surface area contributed by atoms with Gasteiger partial charge in [0, 0.05) is 37.1 Å². The summed E-state index contributed by atoms with van der Waals surface area (Å²) in [5, 5.41) is 11.2. The number of nitrogens with one attached hydrogen (secondary N) is 1. The molecule has 3 rings (SSSR count). The van der Waals surface area contributed by atoms with Crippen molar-refractivity contribution >= 4 is 39.6 Å². The van der Waals surface area contributed by atoms with Crippen LogP contribution in [0.1, 0.15) is 52.8 Å². The van der Waals surface area contributed by atoms with Gasteiger partial charge >= 0.3 is 0 Å². The highest BCUT2D eigenvalue weighted by Gasteiger charge is 2.35. The van der Waals surface area contributed by atoms with Crippen molar-refractivity contribution in [1.82, 2.24) is 15.1 Å². The summed E-state index contributed by atoms with van der Waals surface area (Å²) in [7, 11) is 0. The predicted molar refractivity (Wildman–Crippen MR) is 111 cm³/mol. The molecule has 8 nitrogen and oxygen atoms in total. The van der Waals surface area contributed by atoms with Crippen molar-refractivity contribution in [3.05, 3.63) is 33.8 Å². The maximum atomic E-state index is 12.5. The summed E-state index contributed by atoms with van der Waals surface area (Å²) in [6.07, 6.45) is 2.16. The number of fused-ring (bicyclic) bond motifs is 1. The number of piperidine rings is 1. The number of hydrogen-bond acceptors (Lipinski definition) is 5. The van der Waals surface area contributed by atoms with Crippen LogP contribution in [0.15, 0.2) is 22.7 Å². The van der Waals surface area contributed by atoms with E-state index in [9.17, 15) is 19.2 Å². The molecule has 1 aromatic carbocycles. The number of halogens is 1. The molecule has 30 heavy (non-hydrogen) atoms. The second kappa shape index (κ2) is 9.85. The molecule has 1 aromatic rings. The van der Waals surface area contributed by atoms with Crippen molar-refractivity contribution < 1.29 is 19.2 Å². The van der Waals surface area contributed by atoms with E-state index in [4.69, 9.17) is 5.26 Å². The van der Waals surface area contributed by atoms with Crippen LogP contribution in [0, 0.1) is 17.2 Å². The van der Waals surface area contributed by atoms with Crippen molar-refractivity contribution in [3.63, 3.8) is 0 Å². The lowest BCUT2D eigenvalue weighted by atomic mass is 9.96. The summed E-state index contributed by atoms with van der Waals surface area (Å²) >= 11 is 3.31. The second-order valence-corrected chi connectivity index (χ2v) is 8.43. The predicted octanol–water partition coefficient (Wildman–Crippen LogP) is 2.09. The van der Waals surface area contributed by atoms with Gasteiger partial charge < -0.3 is 10.2 Å². The number of nitrogens with zero attached hydrogens (tertiary/aromatic N) is 3. The maximum absolute atomic E-state index is 12.5. The van der Waals surface area contributed by atoms with Gasteiger partial charge in [-0.3, -0.25) is 24.1 Å². The lowest BCUT2D eigenvalue weighted by Gasteiger charge is -2.32. The molecule has 2 aliphatic heterocycles. The van der Waals surface area contributed by atoms with E-state index >= 15 is 0 Å². The van der Waals surface area contributed by atoms with E-state index < -0.39 is 0 Å². The zero-order chi connectivity index (χ0) is 21.7. The van der Waals surface area contributed by atoms with E-state index in [0.717, 1.165) is 17.3 Å². The van der Waals surface area contributed by atoms with Gasteiger partial charge in [0.05, 0.1) is 17.2 Å². The van der Waals surface area contributed by atoms with Gasteiger partial charge in [-0.05, 0) is 43.4 Å². The molecule has 2 aliphatic rings. The minimum atomic E-state index is -0.317. The third-order valence-corrected chi connectivity index (χ3v) is 5.99. The fourth-order valence-corrected chi connectivity index (χ4v) is 4.15. The van der Waals surface area contributed by atoms with Crippen LogP contribution in [0.5, 0.6) is 0 Å². The Labute approximate surface area is 183 Å². The normalized spacial score (nSPS) is 16.4. The maximum Gasteiger partial charge on any atom is 0.261 e. The number of amides is 4. The highest BCUT2D eigenvalue weighted by Crippen LogP contribution is 2.26. The first kappa shape index (κ1) is 22.0. The fourth-order valence-electron chi connectivity index (χ4n) is 3.79. The Balaban J connectivity index is 1.40. The quantitative estimate of drug-likeness (QED) is 0.608. The Bertz CT molecular complexity index is 903. The van der Waals surface area contributed by atoms with Gasteiger partial charge in [-0.25, -0.2) is 0 Å². The summed E-state index contributed by atoms with van der Waals surface area (Å²) in [5.74, 6) is -0.579. The largest absolute Gasteiger partial charge is 0.355 e. The van der Waals surface area contributed by atoms with Crippen LogP contribution >= 0.6 is 15.9 Å². The first-order valence-electron chi connectivity index (χ1n) is 9.98. The number of imide groups is 1. The van der Waals surface area contributed by atoms with E-state index in [1.807, 2.05) is 6.07 Å². The smallest absolute Gasteiger partial charge is 0.261 e. The Morgan fingerprint density at radius 3 is 2.57 bits per heavy atom. The van der Waals surface area contributed by atoms with E-state index in [1.165, 1.54) is 4.90 Å². The van der Waals surface area contributed by atoms with Crippen LogP contribution in [-0.2, 0) is 9.59 Å². The molecule has 0 atom stereocenters. The molecule has 0 spiro atoms. The molecule has 1 N–H and O–H groups in total. The molecule has 1 saturated heterocycles. The summed E-state index contributed by atoms with van der Waals surface area (Å²) < 4.78 is 0.743. The van der Waals surface area contributed by atoms with Gasteiger partial charge in [-0.15, -0.1) is 0 Å². The Kier molecular flexibility index (Phi) is 7.21. The number of carbonyl (C=O) groups is 4. The van der Waals surface area contributed by atoms with Crippen molar-refractivity contribution in [2.45, 2.75) is 32.1 Å². The SMILES string of the molecule is N#CCC(=O)NCC1CCN(C(=O)CCCN2C(=O)c3ccc(Br)cc3C2=O)CC1. The standard InChI is InChI=1S/C21H23BrN4O4/c22-15-3-4-16-17(12-15)21(30)26(20(16)29)9-1-2-19(28)25-10-6-14(7-11-25)13-24-18(27)5-8-23/h3-4,12,14H,1-2,5-7,9-11,13H2,(H,24,27). The summed E-state index contributed by atoms with van der Waals surface area (Å²) in [6, 6.07) is 6.83. The van der Waals surface area contributed by atoms with Gasteiger partial charge in [0.15, 0.2) is 0 Å². The highest BCUT2D eigenvalue weighted by molar-refractivity contribution is 9.10. The summed E-state index contributed by atoms with van der Waals surface area (Å²) in [4.78, 5) is 51.8. The van der Waals surface area contributed by atoms with Crippen LogP contribution in [-0.4, -0.2) is 59.6 Å². The molecule has 0 aliphatic carbocycles. The molecule has 0 aromatic heterocycles. The van der Waals surface area contributed by atoms with Crippen LogP contribution in [0.25, 0.3) is 0 Å². The average Bonchev–Trinajstić information content (AvgIpc) is 2.97. The van der Waals surface area contributed by atoms with Crippen molar-refractivity contribution in [2.24, 2.45) is 5.92 Å². The number of carbonyl (C=O) groups excluding carboxylic acids is 4. The minimum absolute atomic E-state index is 0.0151. The van der Waals surface area contributed by atoms with Crippen LogP contribution in [0.4, 0.5) is 0 Å². The summed E-state index contributed by atoms with van der Waals surface area (Å²) in [5.41, 5.74) is 0.795. The average molecular weight is 475 g/mol. The third-order valence-electron chi connectivity index (χ3n) is 5.50. The molecule has 9 heteroatoms. The Hall–Kier alpha value is -2.73. The minimum Gasteiger partial charge on any atom is -0.355 e. The van der Waals surface area contributed by atoms with Crippen LogP contribution in [0.3, 0.4) is 0 Å². The lowest BCUT2D eigenvalue weighted by Crippen LogP contribution is -2.41. The monoisotopic (exact) mass is 474 g/mol. The molecule has 0 bridgehead atoms. The molecular weight excluding hydrogens is 452 g/mol. The molecule has 0 saturated carbocycles. The third kappa shape index (κ3) is 5.05. The van der Waals surface area contributed by atoms with E-state index in [2.05, 4.69) is 21.2 Å². The zero-order valence-corrected chi connectivity index (χ0v) is 18.1. The fraction of sp³-hybridized carbons (Fsp3) is 0.476. The van der Waals surface area contributed by atoms with E-state index in [0.29, 0.717) is 43.1 Å². The number of nitriles is 1. The van der Waals surface area contributed by atoms with Crippen molar-refractivity contribution in [3.8, 4) is 6.07 Å². The lowest BCUT2D eigenvalue weighted by molar-refractivity contribution is -0.133. The Morgan fingerprint density at radius 1 is 1.17 bits per heavy atom. The van der Waals surface area contributed by atoms with Gasteiger partial charge in [-0.1, -0.05) is 15.9 Å². The number of rotatable bonds is 7. The first-order valence-corrected chi connectivity index (χ1v) is 10.8. The number of likely N-dealkylation sites (tertiary alicyclic amines) is 1. The van der Waals surface area contributed by atoms with E-state index in [1.54, 1.807) is 23.1 Å². The molecule has 2 heterocycles. The first-order chi connectivity index (χ1) is 14.4. The Morgan fingerprint density at radius 2 is 1.87 bits per heavy atom. The zero-order valence-electron chi connectivity index (χ0n) is 16.5. The molecule has 0 radical (unpaired) electrons. The van der Waals surface area contributed by atoms with E-state index in [-0.39, 0.29) is 43.0 Å². The topological polar surface area (TPSA) is 111 Å². The van der Waals surface area contributed by atoms with Crippen LogP contribution < -0.4 is 5.32 Å². The van der Waals surface area contributed by atoms with Gasteiger partial charge in [0.2, 0.25) is 11.8 Å². The molecule has 4 amide bonds. The van der Waals surface area contributed by atoms with Crippen LogP contribution in [0.2, 0.25) is 0 Å². The van der Waals surface area contributed by atoms with Gasteiger partial charge in [-0.2, -0.15) is 5.26 Å².